The normalized spacial score (nSPS) is 15.4. The van der Waals surface area contributed by atoms with E-state index in [2.05, 4.69) is 0 Å². The third-order valence-corrected chi connectivity index (χ3v) is 6.44. The first-order chi connectivity index (χ1) is 15.1. The van der Waals surface area contributed by atoms with Gasteiger partial charge >= 0.3 is 0 Å². The summed E-state index contributed by atoms with van der Waals surface area (Å²) >= 11 is 0. The number of benzene rings is 2. The molecule has 5 nitrogen and oxygen atoms in total. The van der Waals surface area contributed by atoms with Crippen molar-refractivity contribution >= 4 is 21.9 Å². The van der Waals surface area contributed by atoms with Gasteiger partial charge in [-0.15, -0.1) is 0 Å². The Kier molecular flexibility index (Phi) is 4.93. The summed E-state index contributed by atoms with van der Waals surface area (Å²) in [7, 11) is 1.82. The molecule has 158 valence electrons. The van der Waals surface area contributed by atoms with Crippen molar-refractivity contribution in [1.29, 1.82) is 0 Å². The van der Waals surface area contributed by atoms with Gasteiger partial charge in [-0.2, -0.15) is 0 Å². The molecule has 2 aromatic carbocycles. The number of aryl methyl sites for hydroxylation is 1. The Hall–Kier alpha value is -3.28. The van der Waals surface area contributed by atoms with E-state index in [1.165, 1.54) is 12.1 Å². The molecule has 6 heteroatoms. The van der Waals surface area contributed by atoms with E-state index >= 15 is 0 Å². The Morgan fingerprint density at radius 1 is 0.935 bits per heavy atom. The van der Waals surface area contributed by atoms with E-state index in [-0.39, 0.29) is 28.2 Å². The van der Waals surface area contributed by atoms with Gasteiger partial charge in [0.2, 0.25) is 5.43 Å². The molecule has 1 aliphatic carbocycles. The molecule has 0 N–H and O–H groups in total. The lowest BCUT2D eigenvalue weighted by atomic mass is 10.1. The van der Waals surface area contributed by atoms with Gasteiger partial charge in [-0.1, -0.05) is 37.8 Å². The maximum Gasteiger partial charge on any atom is 0.267 e. The van der Waals surface area contributed by atoms with Crippen molar-refractivity contribution in [1.82, 2.24) is 14.1 Å². The van der Waals surface area contributed by atoms with E-state index in [1.54, 1.807) is 33.4 Å². The number of nitrogens with zero attached hydrogens (tertiary/aromatic N) is 3. The van der Waals surface area contributed by atoms with Crippen molar-refractivity contribution in [2.45, 2.75) is 44.6 Å². The molecule has 4 aromatic rings. The topological polar surface area (TPSA) is 56.9 Å². The minimum atomic E-state index is -0.341. The number of aromatic nitrogens is 3. The highest BCUT2D eigenvalue weighted by molar-refractivity contribution is 5.91. The maximum absolute atomic E-state index is 13.9. The van der Waals surface area contributed by atoms with E-state index in [4.69, 9.17) is 4.98 Å². The van der Waals surface area contributed by atoms with Crippen molar-refractivity contribution in [3.05, 3.63) is 74.9 Å². The lowest BCUT2D eigenvalue weighted by Crippen LogP contribution is -2.32. The zero-order valence-electron chi connectivity index (χ0n) is 17.5. The molecule has 2 heterocycles. The highest BCUT2D eigenvalue weighted by atomic mass is 19.1. The molecule has 0 aliphatic heterocycles. The summed E-state index contributed by atoms with van der Waals surface area (Å²) < 4.78 is 17.1. The van der Waals surface area contributed by atoms with Gasteiger partial charge in [0.05, 0.1) is 5.52 Å². The average Bonchev–Trinajstić information content (AvgIpc) is 3.07. The predicted molar refractivity (Wildman–Crippen MR) is 121 cm³/mol. The van der Waals surface area contributed by atoms with Gasteiger partial charge < -0.3 is 4.57 Å². The smallest absolute Gasteiger partial charge is 0.267 e. The molecule has 0 amide bonds. The van der Waals surface area contributed by atoms with E-state index in [0.717, 1.165) is 44.0 Å². The van der Waals surface area contributed by atoms with Gasteiger partial charge in [0.15, 0.2) is 5.65 Å². The minimum Gasteiger partial charge on any atom is -0.328 e. The summed E-state index contributed by atoms with van der Waals surface area (Å²) in [4.78, 5) is 32.0. The molecule has 1 fully saturated rings. The number of hydrogen-bond acceptors (Lipinski definition) is 3. The maximum atomic E-state index is 13.9. The quantitative estimate of drug-likeness (QED) is 0.343. The number of hydrogen-bond donors (Lipinski definition) is 0. The summed E-state index contributed by atoms with van der Waals surface area (Å²) in [5.74, 6) is 0.154. The lowest BCUT2D eigenvalue weighted by molar-refractivity contribution is 0.434. The van der Waals surface area contributed by atoms with Crippen molar-refractivity contribution in [2.24, 2.45) is 7.05 Å². The Balaban J connectivity index is 1.91. The van der Waals surface area contributed by atoms with Crippen LogP contribution in [0.25, 0.3) is 33.3 Å². The minimum absolute atomic E-state index is 0.0249. The molecule has 2 aromatic heterocycles. The van der Waals surface area contributed by atoms with Crippen molar-refractivity contribution in [3.63, 3.8) is 0 Å². The largest absolute Gasteiger partial charge is 0.328 e. The molecule has 0 radical (unpaired) electrons. The first-order valence-corrected chi connectivity index (χ1v) is 10.9. The molecule has 1 aliphatic rings. The van der Waals surface area contributed by atoms with E-state index < -0.39 is 0 Å². The molecule has 0 bridgehead atoms. The van der Waals surface area contributed by atoms with Crippen LogP contribution in [0.3, 0.4) is 0 Å². The van der Waals surface area contributed by atoms with Crippen LogP contribution in [0.5, 0.6) is 0 Å². The summed E-state index contributed by atoms with van der Waals surface area (Å²) in [6.07, 6.45) is 6.10. The fraction of sp³-hybridized carbons (Fsp3) is 0.320. The summed E-state index contributed by atoms with van der Waals surface area (Å²) in [6, 6.07) is 13.3. The van der Waals surface area contributed by atoms with Gasteiger partial charge in [0, 0.05) is 24.0 Å². The number of pyridine rings is 1. The summed E-state index contributed by atoms with van der Waals surface area (Å²) in [5, 5.41) is 0.634. The molecular formula is C25H24FN3O2. The first-order valence-electron chi connectivity index (χ1n) is 10.9. The zero-order valence-corrected chi connectivity index (χ0v) is 17.5. The number of halogens is 1. The van der Waals surface area contributed by atoms with E-state index in [9.17, 15) is 14.0 Å². The molecule has 0 atom stereocenters. The van der Waals surface area contributed by atoms with Gasteiger partial charge in [0.25, 0.3) is 5.56 Å². The molecule has 1 saturated carbocycles. The van der Waals surface area contributed by atoms with Crippen LogP contribution < -0.4 is 11.0 Å². The number of para-hydroxylation sites is 1. The number of fused-ring (bicyclic) bond motifs is 2. The Morgan fingerprint density at radius 2 is 1.61 bits per heavy atom. The molecule has 0 unspecified atom stereocenters. The Morgan fingerprint density at radius 3 is 2.32 bits per heavy atom. The third kappa shape index (κ3) is 3.26. The van der Waals surface area contributed by atoms with Gasteiger partial charge in [0.1, 0.15) is 17.0 Å². The summed E-state index contributed by atoms with van der Waals surface area (Å²) in [6.45, 7) is 0. The third-order valence-electron chi connectivity index (χ3n) is 6.44. The van der Waals surface area contributed by atoms with Crippen LogP contribution in [-0.4, -0.2) is 14.1 Å². The van der Waals surface area contributed by atoms with Gasteiger partial charge in [-0.05, 0) is 49.2 Å². The predicted octanol–water partition coefficient (Wildman–Crippen LogP) is 4.95. The van der Waals surface area contributed by atoms with Crippen molar-refractivity contribution in [2.75, 3.05) is 0 Å². The first kappa shape index (κ1) is 19.7. The summed E-state index contributed by atoms with van der Waals surface area (Å²) in [5.41, 5.74) is 1.17. The Labute approximate surface area is 178 Å². The lowest BCUT2D eigenvalue weighted by Gasteiger charge is -2.23. The van der Waals surface area contributed by atoms with Crippen LogP contribution in [0.15, 0.2) is 58.1 Å². The zero-order chi connectivity index (χ0) is 21.5. The van der Waals surface area contributed by atoms with Crippen LogP contribution in [0.4, 0.5) is 4.39 Å². The van der Waals surface area contributed by atoms with E-state index in [0.29, 0.717) is 22.4 Å². The Bertz CT molecular complexity index is 1400. The molecule has 5 rings (SSSR count). The standard InChI is InChI=1S/C25H24FN3O2/c1-28-20-11-7-6-10-19(20)22(30)21-24(28)27-23(16-12-14-17(26)15-13-16)29(25(21)31)18-8-4-2-3-5-9-18/h6-7,10-15,18H,2-5,8-9H2,1H3. The fourth-order valence-electron chi connectivity index (χ4n) is 4.83. The van der Waals surface area contributed by atoms with Crippen LogP contribution in [0.2, 0.25) is 0 Å². The van der Waals surface area contributed by atoms with Crippen LogP contribution >= 0.6 is 0 Å². The fourth-order valence-corrected chi connectivity index (χ4v) is 4.83. The van der Waals surface area contributed by atoms with Crippen LogP contribution in [0, 0.1) is 5.82 Å². The van der Waals surface area contributed by atoms with Crippen molar-refractivity contribution < 1.29 is 4.39 Å². The second-order valence-electron chi connectivity index (χ2n) is 8.37. The van der Waals surface area contributed by atoms with Crippen LogP contribution in [-0.2, 0) is 7.05 Å². The second-order valence-corrected chi connectivity index (χ2v) is 8.37. The van der Waals surface area contributed by atoms with Crippen molar-refractivity contribution in [3.8, 4) is 11.4 Å². The van der Waals surface area contributed by atoms with E-state index in [1.807, 2.05) is 19.2 Å². The van der Waals surface area contributed by atoms with Gasteiger partial charge in [-0.3, -0.25) is 14.2 Å². The molecule has 0 saturated heterocycles. The monoisotopic (exact) mass is 417 g/mol. The van der Waals surface area contributed by atoms with Crippen LogP contribution in [0.1, 0.15) is 44.6 Å². The second kappa shape index (κ2) is 7.76. The highest BCUT2D eigenvalue weighted by Crippen LogP contribution is 2.30. The van der Waals surface area contributed by atoms with Gasteiger partial charge in [-0.25, -0.2) is 9.37 Å². The molecular weight excluding hydrogens is 393 g/mol. The highest BCUT2D eigenvalue weighted by Gasteiger charge is 2.24. The molecule has 31 heavy (non-hydrogen) atoms. The average molecular weight is 417 g/mol. The number of rotatable bonds is 2. The molecule has 0 spiro atoms. The SMILES string of the molecule is Cn1c2ccccc2c(=O)c2c(=O)n(C3CCCCCC3)c(-c3ccc(F)cc3)nc21.